The van der Waals surface area contributed by atoms with Gasteiger partial charge in [-0.05, 0) is 24.3 Å². The topological polar surface area (TPSA) is 58.2 Å². The van der Waals surface area contributed by atoms with Crippen LogP contribution in [0.3, 0.4) is 0 Å². The molecule has 2 aromatic rings. The molecule has 29 heavy (non-hydrogen) atoms. The van der Waals surface area contributed by atoms with Crippen molar-refractivity contribution in [1.29, 1.82) is 0 Å². The first kappa shape index (κ1) is 22.0. The molecule has 0 atom stereocenters. The van der Waals surface area contributed by atoms with Crippen LogP contribution in [0, 0.1) is 0 Å². The first-order valence-electron chi connectivity index (χ1n) is 8.01. The summed E-state index contributed by atoms with van der Waals surface area (Å²) >= 11 is 0. The van der Waals surface area contributed by atoms with Crippen LogP contribution in [0.15, 0.2) is 60.7 Å². The maximum atomic E-state index is 13.0. The molecule has 0 saturated heterocycles. The van der Waals surface area contributed by atoms with E-state index in [0.717, 1.165) is 36.4 Å². The predicted octanol–water partition coefficient (Wildman–Crippen LogP) is 5.25. The molecule has 0 aliphatic carbocycles. The summed E-state index contributed by atoms with van der Waals surface area (Å²) in [5.41, 5.74) is -3.65. The minimum Gasteiger partial charge on any atom is -0.325 e. The highest BCUT2D eigenvalue weighted by Crippen LogP contribution is 2.35. The molecule has 154 valence electrons. The van der Waals surface area contributed by atoms with Crippen molar-refractivity contribution in [3.8, 4) is 0 Å². The van der Waals surface area contributed by atoms with Gasteiger partial charge in [-0.1, -0.05) is 30.8 Å². The summed E-state index contributed by atoms with van der Waals surface area (Å²) in [5, 5.41) is 4.03. The van der Waals surface area contributed by atoms with E-state index in [0.29, 0.717) is 0 Å². The average Bonchev–Trinajstić information content (AvgIpc) is 2.60. The Kier molecular flexibility index (Phi) is 6.35. The lowest BCUT2D eigenvalue weighted by Gasteiger charge is -2.15. The number of carbonyl (C=O) groups excluding carboxylic acids is 2. The lowest BCUT2D eigenvalue weighted by molar-refractivity contribution is -0.138. The van der Waals surface area contributed by atoms with Crippen LogP contribution in [0.1, 0.15) is 17.5 Å². The van der Waals surface area contributed by atoms with Crippen molar-refractivity contribution < 1.29 is 35.9 Å². The van der Waals surface area contributed by atoms with Crippen LogP contribution >= 0.6 is 0 Å². The maximum absolute atomic E-state index is 13.0. The number of alkyl halides is 6. The Morgan fingerprint density at radius 2 is 1.17 bits per heavy atom. The second-order valence-corrected chi connectivity index (χ2v) is 5.87. The van der Waals surface area contributed by atoms with E-state index in [4.69, 9.17) is 0 Å². The zero-order valence-corrected chi connectivity index (χ0v) is 14.6. The van der Waals surface area contributed by atoms with Crippen molar-refractivity contribution in [3.05, 3.63) is 71.8 Å². The zero-order chi connectivity index (χ0) is 21.8. The SMILES string of the molecule is C=C(CC(=O)Nc1ccccc1C(F)(F)F)C(=O)Nc1ccccc1C(F)(F)F. The molecule has 0 unspecified atom stereocenters. The largest absolute Gasteiger partial charge is 0.418 e. The molecule has 0 saturated carbocycles. The number of carbonyl (C=O) groups is 2. The summed E-state index contributed by atoms with van der Waals surface area (Å²) in [7, 11) is 0. The summed E-state index contributed by atoms with van der Waals surface area (Å²) < 4.78 is 77.7. The number of amides is 2. The van der Waals surface area contributed by atoms with Crippen molar-refractivity contribution in [2.24, 2.45) is 0 Å². The van der Waals surface area contributed by atoms with Gasteiger partial charge in [0.1, 0.15) is 0 Å². The zero-order valence-electron chi connectivity index (χ0n) is 14.6. The minimum atomic E-state index is -4.72. The van der Waals surface area contributed by atoms with Crippen molar-refractivity contribution in [2.45, 2.75) is 18.8 Å². The molecule has 2 amide bonds. The van der Waals surface area contributed by atoms with Crippen LogP contribution in [0.5, 0.6) is 0 Å². The van der Waals surface area contributed by atoms with Gasteiger partial charge in [-0.2, -0.15) is 26.3 Å². The van der Waals surface area contributed by atoms with Gasteiger partial charge in [0.25, 0.3) is 5.91 Å². The molecule has 0 fully saturated rings. The molecule has 0 radical (unpaired) electrons. The standard InChI is InChI=1S/C19H14F6N2O2/c1-11(17(29)27-15-9-5-3-7-13(15)19(23,24)25)10-16(28)26-14-8-4-2-6-12(14)18(20,21)22/h2-9H,1,10H2,(H,26,28)(H,27,29). The molecule has 0 aliphatic heterocycles. The normalized spacial score (nSPS) is 11.7. The second-order valence-electron chi connectivity index (χ2n) is 5.87. The number of rotatable bonds is 5. The lowest BCUT2D eigenvalue weighted by atomic mass is 10.1. The van der Waals surface area contributed by atoms with Gasteiger partial charge in [-0.3, -0.25) is 9.59 Å². The second kappa shape index (κ2) is 8.38. The Hall–Kier alpha value is -3.30. The molecule has 0 heterocycles. The molecule has 2 rings (SSSR count). The Labute approximate surface area is 161 Å². The van der Waals surface area contributed by atoms with Gasteiger partial charge in [0, 0.05) is 5.57 Å². The fraction of sp³-hybridized carbons (Fsp3) is 0.158. The highest BCUT2D eigenvalue weighted by atomic mass is 19.4. The summed E-state index contributed by atoms with van der Waals surface area (Å²) in [4.78, 5) is 24.1. The summed E-state index contributed by atoms with van der Waals surface area (Å²) in [6, 6.07) is 8.41. The molecule has 10 heteroatoms. The predicted molar refractivity (Wildman–Crippen MR) is 93.9 cm³/mol. The van der Waals surface area contributed by atoms with Gasteiger partial charge < -0.3 is 10.6 Å². The van der Waals surface area contributed by atoms with Crippen molar-refractivity contribution >= 4 is 23.2 Å². The number of hydrogen-bond donors (Lipinski definition) is 2. The Balaban J connectivity index is 2.07. The summed E-state index contributed by atoms with van der Waals surface area (Å²) in [6.07, 6.45) is -10.1. The molecule has 2 aromatic carbocycles. The van der Waals surface area contributed by atoms with E-state index in [1.165, 1.54) is 12.1 Å². The Morgan fingerprint density at radius 1 is 0.759 bits per heavy atom. The average molecular weight is 416 g/mol. The van der Waals surface area contributed by atoms with Crippen LogP contribution < -0.4 is 10.6 Å². The van der Waals surface area contributed by atoms with E-state index in [2.05, 4.69) is 6.58 Å². The lowest BCUT2D eigenvalue weighted by Crippen LogP contribution is -2.22. The van der Waals surface area contributed by atoms with Gasteiger partial charge in [0.2, 0.25) is 5.91 Å². The van der Waals surface area contributed by atoms with E-state index in [1.807, 2.05) is 10.6 Å². The first-order chi connectivity index (χ1) is 13.4. The van der Waals surface area contributed by atoms with Crippen molar-refractivity contribution in [3.63, 3.8) is 0 Å². The molecule has 0 bridgehead atoms. The Bertz CT molecular complexity index is 935. The van der Waals surface area contributed by atoms with Crippen LogP contribution in [-0.4, -0.2) is 11.8 Å². The van der Waals surface area contributed by atoms with Gasteiger partial charge in [-0.25, -0.2) is 0 Å². The molecular weight excluding hydrogens is 402 g/mol. The van der Waals surface area contributed by atoms with Crippen molar-refractivity contribution in [1.82, 2.24) is 0 Å². The molecule has 0 aliphatic rings. The third-order valence-corrected chi connectivity index (χ3v) is 3.68. The molecule has 4 nitrogen and oxygen atoms in total. The van der Waals surface area contributed by atoms with Gasteiger partial charge in [-0.15, -0.1) is 0 Å². The number of para-hydroxylation sites is 2. The Morgan fingerprint density at radius 3 is 1.62 bits per heavy atom. The molecule has 2 N–H and O–H groups in total. The number of anilines is 2. The van der Waals surface area contributed by atoms with Crippen molar-refractivity contribution in [2.75, 3.05) is 10.6 Å². The van der Waals surface area contributed by atoms with Gasteiger partial charge >= 0.3 is 12.4 Å². The summed E-state index contributed by atoms with van der Waals surface area (Å²) in [5.74, 6) is -2.05. The third kappa shape index (κ3) is 5.84. The summed E-state index contributed by atoms with van der Waals surface area (Å²) in [6.45, 7) is 3.32. The van der Waals surface area contributed by atoms with Gasteiger partial charge in [0.15, 0.2) is 0 Å². The number of hydrogen-bond acceptors (Lipinski definition) is 2. The van der Waals surface area contributed by atoms with Crippen LogP contribution in [0.2, 0.25) is 0 Å². The van der Waals surface area contributed by atoms with E-state index in [9.17, 15) is 35.9 Å². The van der Waals surface area contributed by atoms with Crippen LogP contribution in [0.4, 0.5) is 37.7 Å². The number of nitrogens with one attached hydrogen (secondary N) is 2. The van der Waals surface area contributed by atoms with E-state index < -0.39 is 58.7 Å². The maximum Gasteiger partial charge on any atom is 0.418 e. The van der Waals surface area contributed by atoms with E-state index in [-0.39, 0.29) is 0 Å². The molecule has 0 spiro atoms. The van der Waals surface area contributed by atoms with E-state index >= 15 is 0 Å². The molecule has 0 aromatic heterocycles. The fourth-order valence-electron chi connectivity index (χ4n) is 2.36. The van der Waals surface area contributed by atoms with Crippen LogP contribution in [0.25, 0.3) is 0 Å². The monoisotopic (exact) mass is 416 g/mol. The smallest absolute Gasteiger partial charge is 0.325 e. The van der Waals surface area contributed by atoms with Gasteiger partial charge in [0.05, 0.1) is 28.9 Å². The number of halogens is 6. The minimum absolute atomic E-state index is 0.427. The third-order valence-electron chi connectivity index (χ3n) is 3.68. The number of benzene rings is 2. The highest BCUT2D eigenvalue weighted by molar-refractivity contribution is 6.08. The quantitative estimate of drug-likeness (QED) is 0.517. The first-order valence-corrected chi connectivity index (χ1v) is 8.01. The highest BCUT2D eigenvalue weighted by Gasteiger charge is 2.34. The molecular formula is C19H14F6N2O2. The van der Waals surface area contributed by atoms with Crippen LogP contribution in [-0.2, 0) is 21.9 Å². The van der Waals surface area contributed by atoms with E-state index in [1.54, 1.807) is 0 Å². The fourth-order valence-corrected chi connectivity index (χ4v) is 2.36.